The Morgan fingerprint density at radius 3 is 2.70 bits per heavy atom. The topological polar surface area (TPSA) is 74.2 Å². The van der Waals surface area contributed by atoms with E-state index in [9.17, 15) is 9.90 Å². The van der Waals surface area contributed by atoms with Crippen molar-refractivity contribution >= 4 is 28.2 Å². The van der Waals surface area contributed by atoms with Crippen molar-refractivity contribution in [2.45, 2.75) is 20.0 Å². The Kier molecular flexibility index (Phi) is 5.84. The fraction of sp³-hybridized carbons (Fsp3) is 0.182. The van der Waals surface area contributed by atoms with Gasteiger partial charge in [-0.05, 0) is 18.1 Å². The molecule has 3 aromatic rings. The SMILES string of the molecule is C=CCNC(=O)c1cnc2c(CO)cccc2c1Nc1ccccc1CC. The van der Waals surface area contributed by atoms with Crippen LogP contribution in [-0.4, -0.2) is 22.5 Å². The van der Waals surface area contributed by atoms with Gasteiger partial charge in [-0.25, -0.2) is 0 Å². The number of aryl methyl sites for hydroxylation is 1. The van der Waals surface area contributed by atoms with E-state index in [0.717, 1.165) is 28.6 Å². The van der Waals surface area contributed by atoms with E-state index in [-0.39, 0.29) is 12.5 Å². The zero-order valence-corrected chi connectivity index (χ0v) is 15.3. The lowest BCUT2D eigenvalue weighted by atomic mass is 10.0. The summed E-state index contributed by atoms with van der Waals surface area (Å²) in [6.45, 7) is 5.99. The number of carbonyl (C=O) groups is 1. The summed E-state index contributed by atoms with van der Waals surface area (Å²) in [4.78, 5) is 17.1. The summed E-state index contributed by atoms with van der Waals surface area (Å²) in [5.41, 5.74) is 4.62. The lowest BCUT2D eigenvalue weighted by molar-refractivity contribution is 0.0958. The molecule has 0 fully saturated rings. The predicted molar refractivity (Wildman–Crippen MR) is 109 cm³/mol. The van der Waals surface area contributed by atoms with Crippen LogP contribution in [0.4, 0.5) is 11.4 Å². The number of para-hydroxylation sites is 2. The van der Waals surface area contributed by atoms with E-state index in [1.54, 1.807) is 12.3 Å². The first-order valence-electron chi connectivity index (χ1n) is 8.95. The number of nitrogens with one attached hydrogen (secondary N) is 2. The van der Waals surface area contributed by atoms with Crippen molar-refractivity contribution in [1.29, 1.82) is 0 Å². The average Bonchev–Trinajstić information content (AvgIpc) is 2.72. The van der Waals surface area contributed by atoms with E-state index in [2.05, 4.69) is 35.2 Å². The summed E-state index contributed by atoms with van der Waals surface area (Å²) < 4.78 is 0. The number of carbonyl (C=O) groups excluding carboxylic acids is 1. The molecule has 0 radical (unpaired) electrons. The van der Waals surface area contributed by atoms with Crippen LogP contribution < -0.4 is 10.6 Å². The number of aromatic nitrogens is 1. The van der Waals surface area contributed by atoms with Crippen molar-refractivity contribution < 1.29 is 9.90 Å². The lowest BCUT2D eigenvalue weighted by Gasteiger charge is -2.17. The van der Waals surface area contributed by atoms with Crippen molar-refractivity contribution in [1.82, 2.24) is 10.3 Å². The molecule has 3 N–H and O–H groups in total. The molecule has 0 aliphatic heterocycles. The van der Waals surface area contributed by atoms with Crippen LogP contribution in [0.5, 0.6) is 0 Å². The highest BCUT2D eigenvalue weighted by Gasteiger charge is 2.17. The number of amides is 1. The number of anilines is 2. The number of nitrogens with zero attached hydrogens (tertiary/aromatic N) is 1. The first kappa shape index (κ1) is 18.6. The van der Waals surface area contributed by atoms with Crippen molar-refractivity contribution in [3.63, 3.8) is 0 Å². The molecule has 1 heterocycles. The summed E-state index contributed by atoms with van der Waals surface area (Å²) in [7, 11) is 0. The Balaban J connectivity index is 2.18. The lowest BCUT2D eigenvalue weighted by Crippen LogP contribution is -2.24. The fourth-order valence-corrected chi connectivity index (χ4v) is 3.06. The minimum atomic E-state index is -0.227. The number of aliphatic hydroxyl groups is 1. The number of rotatable bonds is 7. The molecule has 0 atom stereocenters. The van der Waals surface area contributed by atoms with Gasteiger partial charge in [-0.15, -0.1) is 6.58 Å². The first-order valence-corrected chi connectivity index (χ1v) is 8.95. The zero-order valence-electron chi connectivity index (χ0n) is 15.3. The van der Waals surface area contributed by atoms with Gasteiger partial charge in [0.15, 0.2) is 0 Å². The summed E-state index contributed by atoms with van der Waals surface area (Å²) in [5.74, 6) is -0.227. The summed E-state index contributed by atoms with van der Waals surface area (Å²) in [6.07, 6.45) is 4.05. The van der Waals surface area contributed by atoms with Gasteiger partial charge in [0, 0.05) is 29.4 Å². The molecule has 0 aliphatic carbocycles. The monoisotopic (exact) mass is 361 g/mol. The Labute approximate surface area is 158 Å². The zero-order chi connectivity index (χ0) is 19.2. The molecule has 0 saturated heterocycles. The van der Waals surface area contributed by atoms with Gasteiger partial charge >= 0.3 is 0 Å². The highest BCUT2D eigenvalue weighted by atomic mass is 16.3. The van der Waals surface area contributed by atoms with Crippen LogP contribution in [0.1, 0.15) is 28.4 Å². The highest BCUT2D eigenvalue weighted by Crippen LogP contribution is 2.32. The standard InChI is InChI=1S/C22H23N3O2/c1-3-12-23-22(27)18-13-24-20-16(14-26)9-7-10-17(20)21(18)25-19-11-6-5-8-15(19)4-2/h3,5-11,13,26H,1,4,12,14H2,2H3,(H,23,27)(H,24,25). The van der Waals surface area contributed by atoms with E-state index >= 15 is 0 Å². The van der Waals surface area contributed by atoms with Crippen LogP contribution in [0.3, 0.4) is 0 Å². The van der Waals surface area contributed by atoms with Gasteiger partial charge in [0.25, 0.3) is 5.91 Å². The minimum absolute atomic E-state index is 0.114. The number of hydrogen-bond acceptors (Lipinski definition) is 4. The van der Waals surface area contributed by atoms with Gasteiger partial charge in [0.2, 0.25) is 0 Å². The largest absolute Gasteiger partial charge is 0.392 e. The van der Waals surface area contributed by atoms with Gasteiger partial charge in [0.1, 0.15) is 0 Å². The predicted octanol–water partition coefficient (Wildman–Crippen LogP) is 3.95. The minimum Gasteiger partial charge on any atom is -0.392 e. The molecule has 5 heteroatoms. The van der Waals surface area contributed by atoms with Gasteiger partial charge in [-0.1, -0.05) is 49.4 Å². The average molecular weight is 361 g/mol. The van der Waals surface area contributed by atoms with Crippen LogP contribution in [0, 0.1) is 0 Å². The third kappa shape index (κ3) is 3.83. The number of hydrogen-bond donors (Lipinski definition) is 3. The van der Waals surface area contributed by atoms with Crippen molar-refractivity contribution in [3.05, 3.63) is 78.0 Å². The number of benzene rings is 2. The van der Waals surface area contributed by atoms with Crippen LogP contribution in [0.2, 0.25) is 0 Å². The van der Waals surface area contributed by atoms with Crippen LogP contribution in [0.15, 0.2) is 61.3 Å². The van der Waals surface area contributed by atoms with Crippen molar-refractivity contribution in [2.75, 3.05) is 11.9 Å². The van der Waals surface area contributed by atoms with Gasteiger partial charge < -0.3 is 15.7 Å². The van der Waals surface area contributed by atoms with Crippen LogP contribution >= 0.6 is 0 Å². The second kappa shape index (κ2) is 8.47. The maximum absolute atomic E-state index is 12.7. The first-order chi connectivity index (χ1) is 13.2. The molecular weight excluding hydrogens is 338 g/mol. The summed E-state index contributed by atoms with van der Waals surface area (Å²) in [6, 6.07) is 13.6. The van der Waals surface area contributed by atoms with Gasteiger partial charge in [-0.3, -0.25) is 9.78 Å². The van der Waals surface area contributed by atoms with Gasteiger partial charge in [0.05, 0.1) is 23.4 Å². The number of aliphatic hydroxyl groups excluding tert-OH is 1. The molecule has 2 aromatic carbocycles. The maximum Gasteiger partial charge on any atom is 0.255 e. The molecule has 1 amide bonds. The quantitative estimate of drug-likeness (QED) is 0.557. The van der Waals surface area contributed by atoms with Crippen LogP contribution in [-0.2, 0) is 13.0 Å². The van der Waals surface area contributed by atoms with Crippen molar-refractivity contribution in [2.24, 2.45) is 0 Å². The number of pyridine rings is 1. The number of fused-ring (bicyclic) bond motifs is 1. The van der Waals surface area contributed by atoms with E-state index in [0.29, 0.717) is 23.3 Å². The highest BCUT2D eigenvalue weighted by molar-refractivity contribution is 6.08. The van der Waals surface area contributed by atoms with Crippen molar-refractivity contribution in [3.8, 4) is 0 Å². The third-order valence-electron chi connectivity index (χ3n) is 4.46. The molecule has 0 saturated carbocycles. The Bertz CT molecular complexity index is 982. The molecule has 0 spiro atoms. The second-order valence-electron chi connectivity index (χ2n) is 6.15. The second-order valence-corrected chi connectivity index (χ2v) is 6.15. The van der Waals surface area contributed by atoms with Crippen LogP contribution in [0.25, 0.3) is 10.9 Å². The normalized spacial score (nSPS) is 10.6. The Hall–Kier alpha value is -3.18. The van der Waals surface area contributed by atoms with E-state index < -0.39 is 0 Å². The molecule has 27 heavy (non-hydrogen) atoms. The molecule has 5 nitrogen and oxygen atoms in total. The fourth-order valence-electron chi connectivity index (χ4n) is 3.06. The molecule has 138 valence electrons. The summed E-state index contributed by atoms with van der Waals surface area (Å²) >= 11 is 0. The molecule has 0 bridgehead atoms. The van der Waals surface area contributed by atoms with E-state index in [1.807, 2.05) is 36.4 Å². The Morgan fingerprint density at radius 1 is 1.19 bits per heavy atom. The van der Waals surface area contributed by atoms with E-state index in [1.165, 1.54) is 0 Å². The molecule has 0 unspecified atom stereocenters. The summed E-state index contributed by atoms with van der Waals surface area (Å²) in [5, 5.41) is 16.7. The maximum atomic E-state index is 12.7. The smallest absolute Gasteiger partial charge is 0.255 e. The molecule has 3 rings (SSSR count). The Morgan fingerprint density at radius 2 is 1.96 bits per heavy atom. The third-order valence-corrected chi connectivity index (χ3v) is 4.46. The van der Waals surface area contributed by atoms with Gasteiger partial charge in [-0.2, -0.15) is 0 Å². The molecular formula is C22H23N3O2. The van der Waals surface area contributed by atoms with E-state index in [4.69, 9.17) is 0 Å². The molecule has 0 aliphatic rings. The molecule has 1 aromatic heterocycles.